The number of carbonyl (C=O) groups is 2. The molecule has 2 rings (SSSR count). The van der Waals surface area contributed by atoms with E-state index >= 15 is 0 Å². The second kappa shape index (κ2) is 4.68. The van der Waals surface area contributed by atoms with Crippen molar-refractivity contribution in [1.29, 1.82) is 0 Å². The largest absolute Gasteiger partial charge is 0.444 e. The third-order valence-corrected chi connectivity index (χ3v) is 3.09. The first-order chi connectivity index (χ1) is 8.80. The predicted octanol–water partition coefficient (Wildman–Crippen LogP) is 3.06. The number of carbonyl (C=O) groups excluding carboxylic acids is 2. The number of rotatable bonds is 1. The summed E-state index contributed by atoms with van der Waals surface area (Å²) >= 11 is 0. The summed E-state index contributed by atoms with van der Waals surface area (Å²) in [6.07, 6.45) is 0.542. The second-order valence-corrected chi connectivity index (χ2v) is 5.93. The molecule has 0 saturated carbocycles. The molecule has 0 unspecified atom stereocenters. The van der Waals surface area contributed by atoms with E-state index in [1.54, 1.807) is 4.90 Å². The minimum absolute atomic E-state index is 0.311. The summed E-state index contributed by atoms with van der Waals surface area (Å²) in [6.45, 7) is 8.50. The highest BCUT2D eigenvalue weighted by Crippen LogP contribution is 2.26. The number of hydrogen-bond acceptors (Lipinski definition) is 3. The number of amides is 1. The van der Waals surface area contributed by atoms with Crippen LogP contribution in [0.25, 0.3) is 0 Å². The Balaban J connectivity index is 2.16. The Morgan fingerprint density at radius 1 is 1.26 bits per heavy atom. The molecule has 0 radical (unpaired) electrons. The fourth-order valence-electron chi connectivity index (χ4n) is 2.18. The van der Waals surface area contributed by atoms with Gasteiger partial charge < -0.3 is 4.74 Å². The smallest absolute Gasteiger partial charge is 0.410 e. The molecule has 1 amide bonds. The van der Waals surface area contributed by atoms with Crippen LogP contribution in [0.5, 0.6) is 0 Å². The summed E-state index contributed by atoms with van der Waals surface area (Å²) in [4.78, 5) is 24.6. The topological polar surface area (TPSA) is 46.6 Å². The number of hydrogen-bond donors (Lipinski definition) is 0. The standard InChI is InChI=1S/C15H19NO3/c1-10-5-11-7-16(14(18)19-15(2,3)4)8-12(11)6-13(10)9-17/h5-6,9H,7-8H2,1-4H3. The Morgan fingerprint density at radius 2 is 1.84 bits per heavy atom. The summed E-state index contributed by atoms with van der Waals surface area (Å²) in [5.74, 6) is 0. The van der Waals surface area contributed by atoms with E-state index in [2.05, 4.69) is 0 Å². The SMILES string of the molecule is Cc1cc2c(cc1C=O)CN(C(=O)OC(C)(C)C)C2. The third kappa shape index (κ3) is 2.95. The van der Waals surface area contributed by atoms with E-state index in [1.807, 2.05) is 39.8 Å². The summed E-state index contributed by atoms with van der Waals surface area (Å²) in [5.41, 5.74) is 3.26. The molecule has 1 heterocycles. The minimum atomic E-state index is -0.490. The second-order valence-electron chi connectivity index (χ2n) is 5.93. The van der Waals surface area contributed by atoms with Crippen LogP contribution in [-0.2, 0) is 17.8 Å². The van der Waals surface area contributed by atoms with Crippen molar-refractivity contribution in [2.24, 2.45) is 0 Å². The maximum atomic E-state index is 12.0. The minimum Gasteiger partial charge on any atom is -0.444 e. The van der Waals surface area contributed by atoms with E-state index < -0.39 is 5.60 Å². The molecular weight excluding hydrogens is 242 g/mol. The van der Waals surface area contributed by atoms with Gasteiger partial charge in [0.05, 0.1) is 0 Å². The average molecular weight is 261 g/mol. The van der Waals surface area contributed by atoms with E-state index in [0.29, 0.717) is 18.7 Å². The van der Waals surface area contributed by atoms with E-state index in [4.69, 9.17) is 4.74 Å². The molecule has 0 saturated heterocycles. The molecule has 0 N–H and O–H groups in total. The molecule has 1 aliphatic heterocycles. The van der Waals surface area contributed by atoms with Crippen molar-refractivity contribution in [3.63, 3.8) is 0 Å². The molecule has 0 aromatic heterocycles. The summed E-state index contributed by atoms with van der Waals surface area (Å²) in [7, 11) is 0. The summed E-state index contributed by atoms with van der Waals surface area (Å²) in [6, 6.07) is 3.84. The zero-order valence-corrected chi connectivity index (χ0v) is 11.8. The van der Waals surface area contributed by atoms with Gasteiger partial charge in [0.15, 0.2) is 0 Å². The van der Waals surface area contributed by atoms with Crippen LogP contribution in [0.2, 0.25) is 0 Å². The first kappa shape index (κ1) is 13.6. The van der Waals surface area contributed by atoms with Crippen LogP contribution in [0, 0.1) is 6.92 Å². The van der Waals surface area contributed by atoms with Gasteiger partial charge in [0.25, 0.3) is 0 Å². The fraction of sp³-hybridized carbons (Fsp3) is 0.467. The summed E-state index contributed by atoms with van der Waals surface area (Å²) in [5, 5.41) is 0. The molecule has 1 aromatic rings. The van der Waals surface area contributed by atoms with Crippen LogP contribution in [0.1, 0.15) is 47.8 Å². The number of ether oxygens (including phenoxy) is 1. The predicted molar refractivity (Wildman–Crippen MR) is 72.0 cm³/mol. The number of nitrogens with zero attached hydrogens (tertiary/aromatic N) is 1. The molecule has 0 bridgehead atoms. The average Bonchev–Trinajstić information content (AvgIpc) is 2.68. The lowest BCUT2D eigenvalue weighted by Gasteiger charge is -2.24. The molecule has 19 heavy (non-hydrogen) atoms. The Labute approximate surface area is 113 Å². The third-order valence-electron chi connectivity index (χ3n) is 3.09. The van der Waals surface area contributed by atoms with Gasteiger partial charge in [0, 0.05) is 18.7 Å². The van der Waals surface area contributed by atoms with Crippen molar-refractivity contribution in [2.45, 2.75) is 46.4 Å². The van der Waals surface area contributed by atoms with Crippen molar-refractivity contribution in [1.82, 2.24) is 4.90 Å². The van der Waals surface area contributed by atoms with Crippen LogP contribution in [-0.4, -0.2) is 22.9 Å². The lowest BCUT2D eigenvalue weighted by molar-refractivity contribution is 0.0242. The van der Waals surface area contributed by atoms with Crippen LogP contribution >= 0.6 is 0 Å². The van der Waals surface area contributed by atoms with Crippen molar-refractivity contribution < 1.29 is 14.3 Å². The van der Waals surface area contributed by atoms with E-state index in [9.17, 15) is 9.59 Å². The highest BCUT2D eigenvalue weighted by Gasteiger charge is 2.28. The van der Waals surface area contributed by atoms with Crippen molar-refractivity contribution in [2.75, 3.05) is 0 Å². The van der Waals surface area contributed by atoms with Crippen LogP contribution in [0.3, 0.4) is 0 Å². The van der Waals surface area contributed by atoms with Gasteiger partial charge in [-0.05, 0) is 50.5 Å². The van der Waals surface area contributed by atoms with Crippen molar-refractivity contribution in [3.05, 3.63) is 34.4 Å². The van der Waals surface area contributed by atoms with Crippen LogP contribution in [0.4, 0.5) is 4.79 Å². The molecule has 1 aliphatic rings. The number of fused-ring (bicyclic) bond motifs is 1. The highest BCUT2D eigenvalue weighted by molar-refractivity contribution is 5.78. The first-order valence-electron chi connectivity index (χ1n) is 6.35. The van der Waals surface area contributed by atoms with E-state index in [1.165, 1.54) is 0 Å². The zero-order chi connectivity index (χ0) is 14.2. The van der Waals surface area contributed by atoms with E-state index in [0.717, 1.165) is 23.0 Å². The van der Waals surface area contributed by atoms with Gasteiger partial charge in [0.2, 0.25) is 0 Å². The maximum absolute atomic E-state index is 12.0. The van der Waals surface area contributed by atoms with Crippen LogP contribution in [0.15, 0.2) is 12.1 Å². The molecule has 4 heteroatoms. The summed E-state index contributed by atoms with van der Waals surface area (Å²) < 4.78 is 5.36. The van der Waals surface area contributed by atoms with Crippen molar-refractivity contribution >= 4 is 12.4 Å². The number of aryl methyl sites for hydroxylation is 1. The quantitative estimate of drug-likeness (QED) is 0.730. The van der Waals surface area contributed by atoms with Gasteiger partial charge in [-0.15, -0.1) is 0 Å². The Hall–Kier alpha value is -1.84. The van der Waals surface area contributed by atoms with Gasteiger partial charge in [-0.1, -0.05) is 6.07 Å². The van der Waals surface area contributed by atoms with Crippen LogP contribution < -0.4 is 0 Å². The molecule has 4 nitrogen and oxygen atoms in total. The normalized spacial score (nSPS) is 14.2. The Kier molecular flexibility index (Phi) is 3.35. The molecule has 0 spiro atoms. The Bertz CT molecular complexity index is 529. The van der Waals surface area contributed by atoms with Crippen molar-refractivity contribution in [3.8, 4) is 0 Å². The Morgan fingerprint density at radius 3 is 2.37 bits per heavy atom. The molecule has 0 aliphatic carbocycles. The first-order valence-corrected chi connectivity index (χ1v) is 6.35. The van der Waals surface area contributed by atoms with Gasteiger partial charge >= 0.3 is 6.09 Å². The van der Waals surface area contributed by atoms with Gasteiger partial charge in [-0.25, -0.2) is 4.79 Å². The molecule has 0 fully saturated rings. The maximum Gasteiger partial charge on any atom is 0.410 e. The molecule has 102 valence electrons. The lowest BCUT2D eigenvalue weighted by Crippen LogP contribution is -2.33. The van der Waals surface area contributed by atoms with Gasteiger partial charge in [-0.2, -0.15) is 0 Å². The monoisotopic (exact) mass is 261 g/mol. The fourth-order valence-corrected chi connectivity index (χ4v) is 2.18. The molecule has 0 atom stereocenters. The van der Waals surface area contributed by atoms with E-state index in [-0.39, 0.29) is 6.09 Å². The number of aldehydes is 1. The molecule has 1 aromatic carbocycles. The lowest BCUT2D eigenvalue weighted by atomic mass is 10.0. The van der Waals surface area contributed by atoms with Gasteiger partial charge in [0.1, 0.15) is 11.9 Å². The molecular formula is C15H19NO3. The zero-order valence-electron chi connectivity index (χ0n) is 11.8. The van der Waals surface area contributed by atoms with Gasteiger partial charge in [-0.3, -0.25) is 9.69 Å². The highest BCUT2D eigenvalue weighted by atomic mass is 16.6. The number of benzene rings is 1.